The highest BCUT2D eigenvalue weighted by atomic mass is 16.3. The van der Waals surface area contributed by atoms with Crippen molar-refractivity contribution in [1.29, 1.82) is 0 Å². The number of hydrogen-bond acceptors (Lipinski definition) is 4. The number of anilines is 2. The first kappa shape index (κ1) is 21.7. The van der Waals surface area contributed by atoms with Crippen LogP contribution in [-0.4, -0.2) is 18.9 Å². The van der Waals surface area contributed by atoms with E-state index in [1.54, 1.807) is 6.26 Å². The molecule has 1 aliphatic heterocycles. The summed E-state index contributed by atoms with van der Waals surface area (Å²) in [5, 5.41) is 6.06. The molecule has 3 aromatic carbocycles. The van der Waals surface area contributed by atoms with E-state index in [9.17, 15) is 4.79 Å². The number of carbonyl (C=O) groups excluding carboxylic acids is 1. The van der Waals surface area contributed by atoms with E-state index in [0.717, 1.165) is 47.8 Å². The van der Waals surface area contributed by atoms with Gasteiger partial charge in [0.2, 0.25) is 0 Å². The fourth-order valence-corrected chi connectivity index (χ4v) is 5.93. The Morgan fingerprint density at radius 1 is 0.914 bits per heavy atom. The molecule has 4 aromatic rings. The summed E-state index contributed by atoms with van der Waals surface area (Å²) in [6, 6.07) is 25.5. The molecule has 4 nitrogen and oxygen atoms in total. The quantitative estimate of drug-likeness (QED) is 0.340. The molecular weight excluding hydrogens is 432 g/mol. The van der Waals surface area contributed by atoms with Gasteiger partial charge in [0.05, 0.1) is 6.26 Å². The Morgan fingerprint density at radius 3 is 2.46 bits per heavy atom. The number of ketones is 1. The molecule has 4 heteroatoms. The van der Waals surface area contributed by atoms with Crippen LogP contribution in [0.3, 0.4) is 0 Å². The van der Waals surface area contributed by atoms with Gasteiger partial charge >= 0.3 is 0 Å². The summed E-state index contributed by atoms with van der Waals surface area (Å²) in [7, 11) is 0. The monoisotopic (exact) mass is 462 g/mol. The zero-order valence-corrected chi connectivity index (χ0v) is 20.3. The first-order valence-electron chi connectivity index (χ1n) is 12.6. The van der Waals surface area contributed by atoms with Gasteiger partial charge in [0.25, 0.3) is 0 Å². The highest BCUT2D eigenvalue weighted by Crippen LogP contribution is 2.50. The maximum Gasteiger partial charge on any atom is 0.162 e. The molecule has 1 aliphatic carbocycles. The van der Waals surface area contributed by atoms with E-state index < -0.39 is 0 Å². The van der Waals surface area contributed by atoms with Gasteiger partial charge in [-0.15, -0.1) is 0 Å². The lowest BCUT2D eigenvalue weighted by Crippen LogP contribution is -2.30. The lowest BCUT2D eigenvalue weighted by Gasteiger charge is -2.37. The number of Topliss-reactive ketones (excluding diaryl/α,β-unsaturated/α-hetero) is 1. The summed E-state index contributed by atoms with van der Waals surface area (Å²) in [4.78, 5) is 16.1. The third-order valence-corrected chi connectivity index (χ3v) is 7.64. The average Bonchev–Trinajstić information content (AvgIpc) is 3.44. The molecule has 0 fully saturated rings. The molecule has 176 valence electrons. The smallest absolute Gasteiger partial charge is 0.162 e. The molecule has 2 atom stereocenters. The second kappa shape index (κ2) is 8.77. The van der Waals surface area contributed by atoms with Crippen LogP contribution in [0.5, 0.6) is 0 Å². The van der Waals surface area contributed by atoms with Crippen molar-refractivity contribution in [2.75, 3.05) is 23.3 Å². The predicted octanol–water partition coefficient (Wildman–Crippen LogP) is 7.24. The van der Waals surface area contributed by atoms with Crippen LogP contribution in [0.15, 0.2) is 94.7 Å². The van der Waals surface area contributed by atoms with Gasteiger partial charge in [-0.3, -0.25) is 4.79 Å². The van der Waals surface area contributed by atoms with Gasteiger partial charge in [-0.05, 0) is 72.5 Å². The Balaban J connectivity index is 1.52. The fourth-order valence-electron chi connectivity index (χ4n) is 5.93. The molecule has 0 saturated heterocycles. The Bertz CT molecular complexity index is 1410. The highest BCUT2D eigenvalue weighted by Gasteiger charge is 2.39. The Labute approximate surface area is 206 Å². The Morgan fingerprint density at radius 2 is 1.71 bits per heavy atom. The zero-order chi connectivity index (χ0) is 23.9. The van der Waals surface area contributed by atoms with Gasteiger partial charge in [-0.1, -0.05) is 42.5 Å². The largest absolute Gasteiger partial charge is 0.469 e. The molecular formula is C31H30N2O2. The number of hydrogen-bond donors (Lipinski definition) is 1. The summed E-state index contributed by atoms with van der Waals surface area (Å²) in [6.07, 6.45) is 2.94. The summed E-state index contributed by atoms with van der Waals surface area (Å²) < 4.78 is 5.69. The molecule has 0 saturated carbocycles. The van der Waals surface area contributed by atoms with Crippen LogP contribution in [0.25, 0.3) is 10.8 Å². The third-order valence-electron chi connectivity index (χ3n) is 7.64. The standard InChI is InChI=1S/C31H30N2O2/c1-3-33(4-2)23-14-11-21(12-15-23)29-30-24-9-6-5-8-20(24)13-16-25(30)32-26-18-22(19-27(34)31(26)29)28-10-7-17-35-28/h5-17,22,29,32H,3-4,18-19H2,1-2H3/t22-,29+/m1/s1. The summed E-state index contributed by atoms with van der Waals surface area (Å²) in [5.41, 5.74) is 6.61. The minimum absolute atomic E-state index is 0.0662. The van der Waals surface area contributed by atoms with Gasteiger partial charge in [0.15, 0.2) is 5.78 Å². The summed E-state index contributed by atoms with van der Waals surface area (Å²) in [6.45, 7) is 6.30. The van der Waals surface area contributed by atoms with Crippen molar-refractivity contribution < 1.29 is 9.21 Å². The molecule has 2 aliphatic rings. The Hall–Kier alpha value is -3.79. The first-order valence-corrected chi connectivity index (χ1v) is 12.6. The normalized spacial score (nSPS) is 19.3. The van der Waals surface area contributed by atoms with Crippen LogP contribution in [0, 0.1) is 0 Å². The topological polar surface area (TPSA) is 45.5 Å². The molecule has 2 heterocycles. The lowest BCUT2D eigenvalue weighted by molar-refractivity contribution is -0.116. The number of benzene rings is 3. The predicted molar refractivity (Wildman–Crippen MR) is 142 cm³/mol. The van der Waals surface area contributed by atoms with Crippen molar-refractivity contribution in [3.05, 3.63) is 107 Å². The molecule has 0 unspecified atom stereocenters. The van der Waals surface area contributed by atoms with Crippen molar-refractivity contribution in [3.8, 4) is 0 Å². The molecule has 0 bridgehead atoms. The number of rotatable bonds is 5. The number of carbonyl (C=O) groups is 1. The van der Waals surface area contributed by atoms with Gasteiger partial charge in [0.1, 0.15) is 5.76 Å². The number of fused-ring (bicyclic) bond motifs is 3. The van der Waals surface area contributed by atoms with E-state index in [-0.39, 0.29) is 17.6 Å². The van der Waals surface area contributed by atoms with E-state index in [0.29, 0.717) is 6.42 Å². The van der Waals surface area contributed by atoms with E-state index in [2.05, 4.69) is 84.7 Å². The van der Waals surface area contributed by atoms with Crippen LogP contribution in [-0.2, 0) is 4.79 Å². The first-order chi connectivity index (χ1) is 17.2. The zero-order valence-electron chi connectivity index (χ0n) is 20.3. The number of nitrogens with zero attached hydrogens (tertiary/aromatic N) is 1. The maximum absolute atomic E-state index is 13.8. The van der Waals surface area contributed by atoms with Crippen LogP contribution in [0.4, 0.5) is 11.4 Å². The van der Waals surface area contributed by atoms with Crippen LogP contribution < -0.4 is 10.2 Å². The highest BCUT2D eigenvalue weighted by molar-refractivity contribution is 6.04. The molecule has 0 spiro atoms. The fraction of sp³-hybridized carbons (Fsp3) is 0.258. The van der Waals surface area contributed by atoms with Crippen molar-refractivity contribution >= 4 is 27.9 Å². The minimum atomic E-state index is -0.0943. The number of allylic oxidation sites excluding steroid dienone is 2. The minimum Gasteiger partial charge on any atom is -0.469 e. The van der Waals surface area contributed by atoms with Crippen LogP contribution in [0.1, 0.15) is 55.4 Å². The molecule has 1 N–H and O–H groups in total. The van der Waals surface area contributed by atoms with E-state index >= 15 is 0 Å². The van der Waals surface area contributed by atoms with Crippen LogP contribution in [0.2, 0.25) is 0 Å². The van der Waals surface area contributed by atoms with Crippen molar-refractivity contribution in [2.45, 2.75) is 38.5 Å². The van der Waals surface area contributed by atoms with Gasteiger partial charge < -0.3 is 14.6 Å². The molecule has 0 radical (unpaired) electrons. The SMILES string of the molecule is CCN(CC)c1ccc([C@@H]2C3=C(C[C@@H](c4ccco4)CC3=O)Nc3ccc4ccccc4c32)cc1. The van der Waals surface area contributed by atoms with Gasteiger partial charge in [-0.2, -0.15) is 0 Å². The number of furan rings is 1. The van der Waals surface area contributed by atoms with Gasteiger partial charge in [-0.25, -0.2) is 0 Å². The molecule has 6 rings (SSSR count). The number of nitrogens with one attached hydrogen (secondary N) is 1. The van der Waals surface area contributed by atoms with Crippen molar-refractivity contribution in [2.24, 2.45) is 0 Å². The van der Waals surface area contributed by atoms with E-state index in [1.165, 1.54) is 22.0 Å². The van der Waals surface area contributed by atoms with E-state index in [1.807, 2.05) is 12.1 Å². The Kier molecular flexibility index (Phi) is 5.44. The summed E-state index contributed by atoms with van der Waals surface area (Å²) in [5.74, 6) is 1.06. The van der Waals surface area contributed by atoms with Crippen molar-refractivity contribution in [3.63, 3.8) is 0 Å². The second-order valence-electron chi connectivity index (χ2n) is 9.51. The summed E-state index contributed by atoms with van der Waals surface area (Å²) >= 11 is 0. The average molecular weight is 463 g/mol. The van der Waals surface area contributed by atoms with Crippen molar-refractivity contribution in [1.82, 2.24) is 0 Å². The second-order valence-corrected chi connectivity index (χ2v) is 9.51. The molecule has 35 heavy (non-hydrogen) atoms. The van der Waals surface area contributed by atoms with Crippen LogP contribution >= 0.6 is 0 Å². The molecule has 1 aromatic heterocycles. The molecule has 0 amide bonds. The maximum atomic E-state index is 13.8. The third kappa shape index (κ3) is 3.65. The van der Waals surface area contributed by atoms with E-state index in [4.69, 9.17) is 4.42 Å². The lowest BCUT2D eigenvalue weighted by atomic mass is 9.71. The van der Waals surface area contributed by atoms with Gasteiger partial charge in [0, 0.05) is 54.0 Å².